The van der Waals surface area contributed by atoms with Gasteiger partial charge in [0, 0.05) is 6.07 Å². The van der Waals surface area contributed by atoms with E-state index < -0.39 is 29.6 Å². The molecule has 0 aliphatic heterocycles. The monoisotopic (exact) mass is 285 g/mol. The molecule has 1 aromatic rings. The van der Waals surface area contributed by atoms with Crippen LogP contribution in [0.4, 0.5) is 8.78 Å². The van der Waals surface area contributed by atoms with Crippen LogP contribution in [0.25, 0.3) is 0 Å². The lowest BCUT2D eigenvalue weighted by molar-refractivity contribution is -0.145. The first kappa shape index (κ1) is 16.1. The summed E-state index contributed by atoms with van der Waals surface area (Å²) in [6.45, 7) is 1.87. The first-order valence-corrected chi connectivity index (χ1v) is 6.28. The summed E-state index contributed by atoms with van der Waals surface area (Å²) in [6.07, 6.45) is 0.927. The van der Waals surface area contributed by atoms with Gasteiger partial charge in [-0.15, -0.1) is 0 Å². The number of nitrogens with one attached hydrogen (secondary N) is 1. The molecule has 6 heteroatoms. The molecule has 0 radical (unpaired) electrons. The van der Waals surface area contributed by atoms with Crippen molar-refractivity contribution in [2.45, 2.75) is 32.2 Å². The second-order valence-electron chi connectivity index (χ2n) is 4.39. The maximum Gasteiger partial charge on any atom is 0.328 e. The van der Waals surface area contributed by atoms with Crippen LogP contribution < -0.4 is 5.32 Å². The Morgan fingerprint density at radius 1 is 1.25 bits per heavy atom. The van der Waals surface area contributed by atoms with Crippen LogP contribution in [0, 0.1) is 11.6 Å². The maximum absolute atomic E-state index is 13.0. The number of hydrogen-bond acceptors (Lipinski definition) is 3. The van der Waals surface area contributed by atoms with Gasteiger partial charge in [0.05, 0.1) is 13.5 Å². The van der Waals surface area contributed by atoms with Crippen molar-refractivity contribution in [3.8, 4) is 0 Å². The van der Waals surface area contributed by atoms with Gasteiger partial charge in [-0.2, -0.15) is 0 Å². The molecule has 1 rings (SSSR count). The van der Waals surface area contributed by atoms with Crippen molar-refractivity contribution in [3.05, 3.63) is 35.4 Å². The van der Waals surface area contributed by atoms with Gasteiger partial charge in [-0.25, -0.2) is 13.6 Å². The Kier molecular flexibility index (Phi) is 6.09. The van der Waals surface area contributed by atoms with E-state index in [4.69, 9.17) is 0 Å². The third-order valence-corrected chi connectivity index (χ3v) is 2.69. The van der Waals surface area contributed by atoms with Crippen molar-refractivity contribution in [2.75, 3.05) is 7.11 Å². The minimum absolute atomic E-state index is 0.202. The fourth-order valence-corrected chi connectivity index (χ4v) is 1.82. The average molecular weight is 285 g/mol. The van der Waals surface area contributed by atoms with E-state index in [-0.39, 0.29) is 12.0 Å². The van der Waals surface area contributed by atoms with E-state index >= 15 is 0 Å². The number of carbonyl (C=O) groups excluding carboxylic acids is 2. The molecule has 0 saturated heterocycles. The van der Waals surface area contributed by atoms with Gasteiger partial charge >= 0.3 is 5.97 Å². The van der Waals surface area contributed by atoms with Gasteiger partial charge < -0.3 is 10.1 Å². The molecule has 1 aromatic carbocycles. The highest BCUT2D eigenvalue weighted by atomic mass is 19.1. The minimum atomic E-state index is -0.745. The van der Waals surface area contributed by atoms with E-state index in [0.717, 1.165) is 18.2 Å². The highest BCUT2D eigenvalue weighted by Gasteiger charge is 2.20. The summed E-state index contributed by atoms with van der Waals surface area (Å²) in [4.78, 5) is 23.2. The minimum Gasteiger partial charge on any atom is -0.467 e. The molecule has 110 valence electrons. The number of esters is 1. The molecule has 0 aromatic heterocycles. The number of ether oxygens (including phenoxy) is 1. The van der Waals surface area contributed by atoms with Crippen molar-refractivity contribution < 1.29 is 23.1 Å². The van der Waals surface area contributed by atoms with E-state index in [1.807, 2.05) is 6.92 Å². The molecule has 20 heavy (non-hydrogen) atoms. The van der Waals surface area contributed by atoms with Gasteiger partial charge in [-0.1, -0.05) is 13.3 Å². The zero-order valence-corrected chi connectivity index (χ0v) is 11.4. The molecule has 1 N–H and O–H groups in total. The van der Waals surface area contributed by atoms with Crippen molar-refractivity contribution in [1.82, 2.24) is 5.32 Å². The summed E-state index contributed by atoms with van der Waals surface area (Å²) < 4.78 is 30.6. The summed E-state index contributed by atoms with van der Waals surface area (Å²) >= 11 is 0. The number of halogens is 2. The van der Waals surface area contributed by atoms with Gasteiger partial charge in [0.25, 0.3) is 0 Å². The van der Waals surface area contributed by atoms with Gasteiger partial charge in [-0.3, -0.25) is 4.79 Å². The first-order valence-electron chi connectivity index (χ1n) is 6.28. The van der Waals surface area contributed by atoms with Crippen LogP contribution in [0.3, 0.4) is 0 Å². The van der Waals surface area contributed by atoms with Crippen molar-refractivity contribution in [3.63, 3.8) is 0 Å². The molecule has 0 heterocycles. The average Bonchev–Trinajstić information content (AvgIpc) is 2.35. The van der Waals surface area contributed by atoms with Crippen LogP contribution in [0.5, 0.6) is 0 Å². The summed E-state index contributed by atoms with van der Waals surface area (Å²) in [5.74, 6) is -2.51. The molecular formula is C14H17F2NO3. The largest absolute Gasteiger partial charge is 0.467 e. The third kappa shape index (κ3) is 4.95. The summed E-state index contributed by atoms with van der Waals surface area (Å²) in [6, 6.07) is 2.15. The van der Waals surface area contributed by atoms with E-state index in [2.05, 4.69) is 10.1 Å². The van der Waals surface area contributed by atoms with E-state index in [1.54, 1.807) is 0 Å². The van der Waals surface area contributed by atoms with Gasteiger partial charge in [0.15, 0.2) is 0 Å². The number of methoxy groups -OCH3 is 1. The molecule has 0 aliphatic carbocycles. The zero-order valence-electron chi connectivity index (χ0n) is 11.4. The Balaban J connectivity index is 2.67. The van der Waals surface area contributed by atoms with Crippen LogP contribution in [-0.4, -0.2) is 25.0 Å². The normalized spacial score (nSPS) is 11.8. The Hall–Kier alpha value is -1.98. The SMILES string of the molecule is CCC[C@H](NC(=O)Cc1cc(F)cc(F)c1)C(=O)OC. The van der Waals surface area contributed by atoms with Crippen LogP contribution in [-0.2, 0) is 20.7 Å². The van der Waals surface area contributed by atoms with Crippen LogP contribution >= 0.6 is 0 Å². The lowest BCUT2D eigenvalue weighted by Gasteiger charge is -2.15. The quantitative estimate of drug-likeness (QED) is 0.813. The van der Waals surface area contributed by atoms with Crippen LogP contribution in [0.1, 0.15) is 25.3 Å². The maximum atomic E-state index is 13.0. The Labute approximate surface area is 116 Å². The molecule has 0 spiro atoms. The number of rotatable bonds is 6. The number of amides is 1. The summed E-state index contributed by atoms with van der Waals surface area (Å²) in [5, 5.41) is 2.50. The number of hydrogen-bond donors (Lipinski definition) is 1. The van der Waals surface area contributed by atoms with Crippen molar-refractivity contribution >= 4 is 11.9 Å². The molecule has 0 bridgehead atoms. The van der Waals surface area contributed by atoms with Gasteiger partial charge in [0.1, 0.15) is 17.7 Å². The summed E-state index contributed by atoms with van der Waals surface area (Å²) in [5.41, 5.74) is 0.208. The predicted octanol–water partition coefficient (Wildman–Crippen LogP) is 1.97. The molecule has 1 amide bonds. The van der Waals surface area contributed by atoms with Crippen molar-refractivity contribution in [1.29, 1.82) is 0 Å². The molecule has 4 nitrogen and oxygen atoms in total. The fourth-order valence-electron chi connectivity index (χ4n) is 1.82. The lowest BCUT2D eigenvalue weighted by Crippen LogP contribution is -2.42. The molecule has 1 atom stereocenters. The second-order valence-corrected chi connectivity index (χ2v) is 4.39. The van der Waals surface area contributed by atoms with E-state index in [0.29, 0.717) is 12.8 Å². The fraction of sp³-hybridized carbons (Fsp3) is 0.429. The van der Waals surface area contributed by atoms with Gasteiger partial charge in [0.2, 0.25) is 5.91 Å². The standard InChI is InChI=1S/C14H17F2NO3/c1-3-4-12(14(19)20-2)17-13(18)7-9-5-10(15)8-11(16)6-9/h5-6,8,12H,3-4,7H2,1-2H3,(H,17,18)/t12-/m0/s1. The lowest BCUT2D eigenvalue weighted by atomic mass is 10.1. The van der Waals surface area contributed by atoms with E-state index in [1.165, 1.54) is 7.11 Å². The molecule has 0 aliphatic rings. The van der Waals surface area contributed by atoms with Crippen molar-refractivity contribution in [2.24, 2.45) is 0 Å². The topological polar surface area (TPSA) is 55.4 Å². The van der Waals surface area contributed by atoms with Crippen LogP contribution in [0.2, 0.25) is 0 Å². The highest BCUT2D eigenvalue weighted by molar-refractivity contribution is 5.85. The van der Waals surface area contributed by atoms with Crippen LogP contribution in [0.15, 0.2) is 18.2 Å². The zero-order chi connectivity index (χ0) is 15.1. The number of benzene rings is 1. The Morgan fingerprint density at radius 3 is 2.35 bits per heavy atom. The first-order chi connectivity index (χ1) is 9.46. The Morgan fingerprint density at radius 2 is 1.85 bits per heavy atom. The molecule has 0 fully saturated rings. The Bertz CT molecular complexity index is 471. The second kappa shape index (κ2) is 7.57. The molecule has 0 unspecified atom stereocenters. The highest BCUT2D eigenvalue weighted by Crippen LogP contribution is 2.09. The van der Waals surface area contributed by atoms with E-state index in [9.17, 15) is 18.4 Å². The van der Waals surface area contributed by atoms with Gasteiger partial charge in [-0.05, 0) is 24.1 Å². The predicted molar refractivity (Wildman–Crippen MR) is 68.9 cm³/mol. The molecule has 0 saturated carbocycles. The smallest absolute Gasteiger partial charge is 0.328 e. The number of carbonyl (C=O) groups is 2. The molecular weight excluding hydrogens is 268 g/mol. The third-order valence-electron chi connectivity index (χ3n) is 2.69. The summed E-state index contributed by atoms with van der Waals surface area (Å²) in [7, 11) is 1.24.